The molecule has 0 fully saturated rings. The van der Waals surface area contributed by atoms with E-state index in [9.17, 15) is 10.1 Å². The van der Waals surface area contributed by atoms with E-state index in [0.717, 1.165) is 5.56 Å². The first-order valence-electron chi connectivity index (χ1n) is 3.69. The maximum atomic E-state index is 10.4. The largest absolute Gasteiger partial charge is 0.272 e. The predicted octanol–water partition coefficient (Wildman–Crippen LogP) is 2.48. The van der Waals surface area contributed by atoms with Crippen molar-refractivity contribution in [2.24, 2.45) is 0 Å². The lowest BCUT2D eigenvalue weighted by Crippen LogP contribution is -1.91. The molecule has 1 radical (unpaired) electrons. The minimum Gasteiger partial charge on any atom is -0.258 e. The second-order valence-corrected chi connectivity index (χ2v) is 2.59. The van der Waals surface area contributed by atoms with Gasteiger partial charge in [0.15, 0.2) is 0 Å². The van der Waals surface area contributed by atoms with Gasteiger partial charge in [-0.05, 0) is 25.0 Å². The summed E-state index contributed by atoms with van der Waals surface area (Å²) in [6.45, 7) is 3.64. The zero-order valence-electron chi connectivity index (χ0n) is 7.07. The molecule has 12 heavy (non-hydrogen) atoms. The van der Waals surface area contributed by atoms with Crippen LogP contribution in [0.4, 0.5) is 5.69 Å². The average Bonchev–Trinajstić information content (AvgIpc) is 2.03. The van der Waals surface area contributed by atoms with Crippen molar-refractivity contribution < 1.29 is 4.92 Å². The Morgan fingerprint density at radius 2 is 2.17 bits per heavy atom. The molecule has 0 spiro atoms. The van der Waals surface area contributed by atoms with E-state index in [1.54, 1.807) is 19.1 Å². The summed E-state index contributed by atoms with van der Waals surface area (Å²) in [6.07, 6.45) is 1.91. The lowest BCUT2D eigenvalue weighted by molar-refractivity contribution is -0.385. The van der Waals surface area contributed by atoms with Gasteiger partial charge in [-0.2, -0.15) is 0 Å². The van der Waals surface area contributed by atoms with Crippen molar-refractivity contribution in [2.45, 2.75) is 13.8 Å². The Bertz CT molecular complexity index is 307. The van der Waals surface area contributed by atoms with Gasteiger partial charge in [-0.3, -0.25) is 10.1 Å². The molecule has 0 saturated carbocycles. The summed E-state index contributed by atoms with van der Waals surface area (Å²) in [5, 5.41) is 10.4. The van der Waals surface area contributed by atoms with Crippen LogP contribution in [0, 0.1) is 23.5 Å². The molecule has 0 aliphatic heterocycles. The minimum atomic E-state index is -0.366. The van der Waals surface area contributed by atoms with Crippen LogP contribution >= 0.6 is 0 Å². The highest BCUT2D eigenvalue weighted by molar-refractivity contribution is 5.43. The van der Waals surface area contributed by atoms with Crippen molar-refractivity contribution in [1.82, 2.24) is 0 Å². The minimum absolute atomic E-state index is 0.181. The molecule has 1 rings (SSSR count). The molecule has 1 aromatic rings. The van der Waals surface area contributed by atoms with Crippen molar-refractivity contribution in [3.63, 3.8) is 0 Å². The molecule has 0 amide bonds. The number of benzene rings is 1. The number of nitrogens with zero attached hydrogens (tertiary/aromatic N) is 1. The van der Waals surface area contributed by atoms with Crippen molar-refractivity contribution in [1.29, 1.82) is 0 Å². The molecular formula is C9H10NO2. The molecule has 3 heteroatoms. The van der Waals surface area contributed by atoms with E-state index in [2.05, 4.69) is 0 Å². The topological polar surface area (TPSA) is 43.1 Å². The van der Waals surface area contributed by atoms with Crippen LogP contribution in [0.15, 0.2) is 18.2 Å². The molecule has 3 nitrogen and oxygen atoms in total. The smallest absolute Gasteiger partial charge is 0.258 e. The van der Waals surface area contributed by atoms with Crippen LogP contribution in [0.2, 0.25) is 0 Å². The second kappa shape index (κ2) is 3.34. The summed E-state index contributed by atoms with van der Waals surface area (Å²) >= 11 is 0. The van der Waals surface area contributed by atoms with E-state index in [4.69, 9.17) is 0 Å². The van der Waals surface area contributed by atoms with Gasteiger partial charge in [0.1, 0.15) is 0 Å². The zero-order chi connectivity index (χ0) is 9.14. The molecule has 0 aromatic heterocycles. The summed E-state index contributed by atoms with van der Waals surface area (Å²) in [5.74, 6) is 0. The van der Waals surface area contributed by atoms with Gasteiger partial charge in [0.25, 0.3) is 5.69 Å². The Morgan fingerprint density at radius 1 is 1.50 bits per heavy atom. The highest BCUT2D eigenvalue weighted by atomic mass is 16.6. The van der Waals surface area contributed by atoms with E-state index < -0.39 is 0 Å². The van der Waals surface area contributed by atoms with Crippen LogP contribution in [0.25, 0.3) is 0 Å². The van der Waals surface area contributed by atoms with Gasteiger partial charge in [-0.15, -0.1) is 0 Å². The third kappa shape index (κ3) is 1.61. The standard InChI is InChI=1S/C9H10NO2/c1-3-8-4-5-9(10(11)12)7(2)6-8/h3-6H,1-2H3. The first-order valence-corrected chi connectivity index (χ1v) is 3.69. The monoisotopic (exact) mass is 164 g/mol. The summed E-state index contributed by atoms with van der Waals surface area (Å²) in [7, 11) is 0. The van der Waals surface area contributed by atoms with Gasteiger partial charge in [-0.1, -0.05) is 13.0 Å². The van der Waals surface area contributed by atoms with Crippen LogP contribution in [-0.4, -0.2) is 4.92 Å². The summed E-state index contributed by atoms with van der Waals surface area (Å²) in [4.78, 5) is 10.1. The van der Waals surface area contributed by atoms with Crippen LogP contribution in [0.5, 0.6) is 0 Å². The van der Waals surface area contributed by atoms with Gasteiger partial charge < -0.3 is 0 Å². The first kappa shape index (κ1) is 8.71. The summed E-state index contributed by atoms with van der Waals surface area (Å²) < 4.78 is 0. The van der Waals surface area contributed by atoms with Gasteiger partial charge in [0.05, 0.1) is 4.92 Å². The number of nitro benzene ring substituents is 1. The summed E-state index contributed by atoms with van der Waals surface area (Å²) in [5.41, 5.74) is 1.90. The van der Waals surface area contributed by atoms with Gasteiger partial charge in [0.2, 0.25) is 0 Å². The Labute approximate surface area is 71.2 Å². The van der Waals surface area contributed by atoms with E-state index in [1.807, 2.05) is 13.3 Å². The molecule has 0 unspecified atom stereocenters. The van der Waals surface area contributed by atoms with E-state index >= 15 is 0 Å². The lowest BCUT2D eigenvalue weighted by Gasteiger charge is -1.98. The number of rotatable bonds is 2. The molecule has 0 saturated heterocycles. The molecule has 0 aliphatic rings. The highest BCUT2D eigenvalue weighted by Crippen LogP contribution is 2.19. The van der Waals surface area contributed by atoms with Gasteiger partial charge >= 0.3 is 0 Å². The fourth-order valence-corrected chi connectivity index (χ4v) is 1.06. The molecule has 0 bridgehead atoms. The molecule has 0 N–H and O–H groups in total. The van der Waals surface area contributed by atoms with Gasteiger partial charge in [0, 0.05) is 11.6 Å². The maximum absolute atomic E-state index is 10.4. The Hall–Kier alpha value is -1.38. The van der Waals surface area contributed by atoms with E-state index in [1.165, 1.54) is 6.07 Å². The van der Waals surface area contributed by atoms with Crippen LogP contribution < -0.4 is 0 Å². The SMILES string of the molecule is C[CH]c1ccc([N+](=O)[O-])c(C)c1. The number of aryl methyl sites for hydroxylation is 1. The number of hydrogen-bond donors (Lipinski definition) is 0. The van der Waals surface area contributed by atoms with E-state index in [0.29, 0.717) is 5.56 Å². The maximum Gasteiger partial charge on any atom is 0.272 e. The first-order chi connectivity index (χ1) is 5.65. The fourth-order valence-electron chi connectivity index (χ4n) is 1.06. The van der Waals surface area contributed by atoms with Crippen molar-refractivity contribution in [3.05, 3.63) is 45.9 Å². The van der Waals surface area contributed by atoms with Crippen molar-refractivity contribution >= 4 is 5.69 Å². The number of hydrogen-bond acceptors (Lipinski definition) is 2. The molecular weight excluding hydrogens is 154 g/mol. The number of nitro groups is 1. The molecule has 0 atom stereocenters. The Balaban J connectivity index is 3.12. The molecule has 63 valence electrons. The normalized spacial score (nSPS) is 9.83. The Kier molecular flexibility index (Phi) is 2.43. The van der Waals surface area contributed by atoms with E-state index in [-0.39, 0.29) is 10.6 Å². The van der Waals surface area contributed by atoms with Crippen molar-refractivity contribution in [3.8, 4) is 0 Å². The average molecular weight is 164 g/mol. The third-order valence-corrected chi connectivity index (χ3v) is 1.75. The second-order valence-electron chi connectivity index (χ2n) is 2.59. The predicted molar refractivity (Wildman–Crippen MR) is 46.9 cm³/mol. The molecule has 1 aromatic carbocycles. The van der Waals surface area contributed by atoms with Crippen molar-refractivity contribution in [2.75, 3.05) is 0 Å². The quantitative estimate of drug-likeness (QED) is 0.497. The summed E-state index contributed by atoms with van der Waals surface area (Å²) in [6, 6.07) is 5.08. The van der Waals surface area contributed by atoms with Crippen LogP contribution in [0.1, 0.15) is 18.1 Å². The molecule has 0 aliphatic carbocycles. The Morgan fingerprint density at radius 3 is 2.58 bits per heavy atom. The third-order valence-electron chi connectivity index (χ3n) is 1.75. The molecule has 0 heterocycles. The van der Waals surface area contributed by atoms with Crippen LogP contribution in [0.3, 0.4) is 0 Å². The van der Waals surface area contributed by atoms with Crippen LogP contribution in [-0.2, 0) is 0 Å². The zero-order valence-corrected chi connectivity index (χ0v) is 7.07. The lowest BCUT2D eigenvalue weighted by atomic mass is 10.1. The fraction of sp³-hybridized carbons (Fsp3) is 0.222. The van der Waals surface area contributed by atoms with Gasteiger partial charge in [-0.25, -0.2) is 0 Å². The highest BCUT2D eigenvalue weighted by Gasteiger charge is 2.08.